The maximum Gasteiger partial charge on any atom is 0.307 e. The molecule has 0 aromatic carbocycles. The summed E-state index contributed by atoms with van der Waals surface area (Å²) in [4.78, 5) is 17.5. The van der Waals surface area contributed by atoms with Crippen molar-refractivity contribution in [1.82, 2.24) is 4.98 Å². The smallest absolute Gasteiger partial charge is 0.307 e. The average molecular weight is 251 g/mol. The van der Waals surface area contributed by atoms with Gasteiger partial charge in [-0.15, -0.1) is 0 Å². The van der Waals surface area contributed by atoms with Crippen molar-refractivity contribution in [3.8, 4) is 0 Å². The number of carbonyl (C=O) groups is 1. The van der Waals surface area contributed by atoms with Crippen LogP contribution in [0.1, 0.15) is 25.8 Å². The Morgan fingerprint density at radius 3 is 2.78 bits per heavy atom. The van der Waals surface area contributed by atoms with Gasteiger partial charge in [-0.25, -0.2) is 4.98 Å². The second-order valence-electron chi connectivity index (χ2n) is 4.03. The summed E-state index contributed by atoms with van der Waals surface area (Å²) < 4.78 is 4.92. The van der Waals surface area contributed by atoms with Gasteiger partial charge in [0.1, 0.15) is 5.82 Å². The van der Waals surface area contributed by atoms with Crippen molar-refractivity contribution in [3.05, 3.63) is 17.8 Å². The van der Waals surface area contributed by atoms with Crippen LogP contribution in [0.5, 0.6) is 0 Å². The molecule has 0 aliphatic carbocycles. The summed E-state index contributed by atoms with van der Waals surface area (Å²) in [6.45, 7) is 7.70. The molecule has 1 aromatic rings. The molecule has 0 radical (unpaired) electrons. The first kappa shape index (κ1) is 14.3. The third-order valence-corrected chi connectivity index (χ3v) is 2.72. The highest BCUT2D eigenvalue weighted by atomic mass is 16.5. The van der Waals surface area contributed by atoms with E-state index in [2.05, 4.69) is 9.88 Å². The molecule has 5 nitrogen and oxygen atoms in total. The van der Waals surface area contributed by atoms with Crippen LogP contribution in [-0.2, 0) is 9.53 Å². The molecule has 18 heavy (non-hydrogen) atoms. The zero-order valence-corrected chi connectivity index (χ0v) is 11.3. The lowest BCUT2D eigenvalue weighted by Gasteiger charge is -2.24. The van der Waals surface area contributed by atoms with E-state index in [0.717, 1.165) is 17.8 Å². The van der Waals surface area contributed by atoms with E-state index in [1.54, 1.807) is 6.20 Å². The molecule has 1 heterocycles. The Bertz CT molecular complexity index is 407. The fourth-order valence-electron chi connectivity index (χ4n) is 1.81. The molecule has 0 atom stereocenters. The van der Waals surface area contributed by atoms with E-state index in [1.807, 2.05) is 26.8 Å². The molecular formula is C13H21N3O2. The molecule has 100 valence electrons. The Morgan fingerprint density at radius 1 is 1.50 bits per heavy atom. The molecule has 0 aliphatic rings. The van der Waals surface area contributed by atoms with Crippen LogP contribution >= 0.6 is 0 Å². The molecule has 2 N–H and O–H groups in total. The number of rotatable bonds is 6. The minimum atomic E-state index is -0.169. The van der Waals surface area contributed by atoms with Crippen molar-refractivity contribution in [1.29, 1.82) is 0 Å². The van der Waals surface area contributed by atoms with E-state index in [0.29, 0.717) is 25.4 Å². The molecule has 0 unspecified atom stereocenters. The fraction of sp³-hybridized carbons (Fsp3) is 0.538. The van der Waals surface area contributed by atoms with Crippen LogP contribution < -0.4 is 10.6 Å². The van der Waals surface area contributed by atoms with Crippen molar-refractivity contribution in [2.24, 2.45) is 0 Å². The van der Waals surface area contributed by atoms with Crippen LogP contribution in [0.25, 0.3) is 0 Å². The van der Waals surface area contributed by atoms with Gasteiger partial charge in [0, 0.05) is 13.1 Å². The Balaban J connectivity index is 2.68. The largest absolute Gasteiger partial charge is 0.466 e. The van der Waals surface area contributed by atoms with Crippen molar-refractivity contribution in [2.75, 3.05) is 30.3 Å². The normalized spacial score (nSPS) is 10.2. The van der Waals surface area contributed by atoms with Gasteiger partial charge in [-0.3, -0.25) is 4.79 Å². The molecule has 0 spiro atoms. The summed E-state index contributed by atoms with van der Waals surface area (Å²) in [6, 6.07) is 1.84. The predicted molar refractivity (Wildman–Crippen MR) is 72.5 cm³/mol. The van der Waals surface area contributed by atoms with E-state index < -0.39 is 0 Å². The van der Waals surface area contributed by atoms with Gasteiger partial charge in [0.15, 0.2) is 0 Å². The van der Waals surface area contributed by atoms with Gasteiger partial charge in [0.2, 0.25) is 0 Å². The van der Waals surface area contributed by atoms with Crippen LogP contribution in [0.15, 0.2) is 12.3 Å². The predicted octanol–water partition coefficient (Wildman–Crippen LogP) is 1.75. The molecule has 1 aromatic heterocycles. The number of pyridine rings is 1. The third kappa shape index (κ3) is 3.91. The first-order valence-corrected chi connectivity index (χ1v) is 6.21. The molecule has 0 saturated heterocycles. The molecule has 1 rings (SSSR count). The van der Waals surface area contributed by atoms with Crippen molar-refractivity contribution < 1.29 is 9.53 Å². The van der Waals surface area contributed by atoms with E-state index in [-0.39, 0.29) is 5.97 Å². The van der Waals surface area contributed by atoms with Gasteiger partial charge in [0.25, 0.3) is 0 Å². The molecular weight excluding hydrogens is 230 g/mol. The zero-order chi connectivity index (χ0) is 13.5. The SMILES string of the molecule is CCOC(=O)CCN(CC)c1cnc(N)cc1C. The first-order valence-electron chi connectivity index (χ1n) is 6.21. The van der Waals surface area contributed by atoms with Gasteiger partial charge in [0.05, 0.1) is 24.9 Å². The molecule has 5 heteroatoms. The van der Waals surface area contributed by atoms with Crippen LogP contribution in [0.3, 0.4) is 0 Å². The number of aryl methyl sites for hydroxylation is 1. The van der Waals surface area contributed by atoms with E-state index >= 15 is 0 Å². The summed E-state index contributed by atoms with van der Waals surface area (Å²) in [6.07, 6.45) is 2.13. The highest BCUT2D eigenvalue weighted by Crippen LogP contribution is 2.20. The van der Waals surface area contributed by atoms with Gasteiger partial charge in [-0.1, -0.05) is 0 Å². The summed E-state index contributed by atoms with van der Waals surface area (Å²) in [5.41, 5.74) is 7.70. The quantitative estimate of drug-likeness (QED) is 0.780. The number of esters is 1. The fourth-order valence-corrected chi connectivity index (χ4v) is 1.81. The second kappa shape index (κ2) is 6.83. The lowest BCUT2D eigenvalue weighted by atomic mass is 10.2. The summed E-state index contributed by atoms with van der Waals surface area (Å²) in [5.74, 6) is 0.342. The Kier molecular flexibility index (Phi) is 5.42. The van der Waals surface area contributed by atoms with Crippen molar-refractivity contribution in [2.45, 2.75) is 27.2 Å². The van der Waals surface area contributed by atoms with Crippen LogP contribution in [0.4, 0.5) is 11.5 Å². The van der Waals surface area contributed by atoms with Crippen molar-refractivity contribution in [3.63, 3.8) is 0 Å². The number of aromatic nitrogens is 1. The minimum Gasteiger partial charge on any atom is -0.466 e. The van der Waals surface area contributed by atoms with Crippen molar-refractivity contribution >= 4 is 17.5 Å². The lowest BCUT2D eigenvalue weighted by Crippen LogP contribution is -2.27. The van der Waals surface area contributed by atoms with Gasteiger partial charge >= 0.3 is 5.97 Å². The first-order chi connectivity index (χ1) is 8.58. The Labute approximate surface area is 108 Å². The zero-order valence-electron chi connectivity index (χ0n) is 11.3. The second-order valence-corrected chi connectivity index (χ2v) is 4.03. The highest BCUT2D eigenvalue weighted by molar-refractivity contribution is 5.70. The molecule has 0 bridgehead atoms. The number of nitrogens with zero attached hydrogens (tertiary/aromatic N) is 2. The molecule has 0 aliphatic heterocycles. The number of nitrogen functional groups attached to an aromatic ring is 1. The van der Waals surface area contributed by atoms with Gasteiger partial charge in [-0.05, 0) is 32.4 Å². The van der Waals surface area contributed by atoms with E-state index in [1.165, 1.54) is 0 Å². The Hall–Kier alpha value is -1.78. The number of hydrogen-bond acceptors (Lipinski definition) is 5. The monoisotopic (exact) mass is 251 g/mol. The average Bonchev–Trinajstić information content (AvgIpc) is 2.32. The Morgan fingerprint density at radius 2 is 2.22 bits per heavy atom. The summed E-state index contributed by atoms with van der Waals surface area (Å²) in [7, 11) is 0. The van der Waals surface area contributed by atoms with Crippen LogP contribution in [0, 0.1) is 6.92 Å². The minimum absolute atomic E-state index is 0.169. The highest BCUT2D eigenvalue weighted by Gasteiger charge is 2.11. The molecule has 0 saturated carbocycles. The number of hydrogen-bond donors (Lipinski definition) is 1. The maximum atomic E-state index is 11.3. The van der Waals surface area contributed by atoms with E-state index in [4.69, 9.17) is 10.5 Å². The van der Waals surface area contributed by atoms with Crippen LogP contribution in [-0.4, -0.2) is 30.6 Å². The number of ether oxygens (including phenoxy) is 1. The third-order valence-electron chi connectivity index (χ3n) is 2.72. The number of carbonyl (C=O) groups excluding carboxylic acids is 1. The maximum absolute atomic E-state index is 11.3. The summed E-state index contributed by atoms with van der Waals surface area (Å²) >= 11 is 0. The topological polar surface area (TPSA) is 68.5 Å². The summed E-state index contributed by atoms with van der Waals surface area (Å²) in [5, 5.41) is 0. The lowest BCUT2D eigenvalue weighted by molar-refractivity contribution is -0.142. The van der Waals surface area contributed by atoms with E-state index in [9.17, 15) is 4.79 Å². The molecule has 0 fully saturated rings. The molecule has 0 amide bonds. The van der Waals surface area contributed by atoms with Gasteiger partial charge < -0.3 is 15.4 Å². The number of nitrogens with two attached hydrogens (primary N) is 1. The number of anilines is 2. The van der Waals surface area contributed by atoms with Gasteiger partial charge in [-0.2, -0.15) is 0 Å². The standard InChI is InChI=1S/C13H21N3O2/c1-4-16(7-6-13(17)18-5-2)11-9-15-12(14)8-10(11)3/h8-9H,4-7H2,1-3H3,(H2,14,15). The van der Waals surface area contributed by atoms with Crippen LogP contribution in [0.2, 0.25) is 0 Å².